The number of aromatic nitrogens is 4. The molecule has 10 nitrogen and oxygen atoms in total. The van der Waals surface area contributed by atoms with Gasteiger partial charge >= 0.3 is 12.2 Å². The zero-order valence-electron chi connectivity index (χ0n) is 29.1. The molecule has 6 heterocycles. The van der Waals surface area contributed by atoms with Crippen LogP contribution in [-0.4, -0.2) is 78.1 Å². The maximum Gasteiger partial charge on any atom is 0.410 e. The summed E-state index contributed by atoms with van der Waals surface area (Å²) in [5, 5.41) is 0. The standard InChI is InChI=1S/C20H14N4.2C9H17NO2/c1-2-16(18-6-10-24-12-8-22-20(24)14-18)4-3-15(1)17-5-9-23-11-7-21-19(23)13-17;2*1-9(2,3)12-8(11)10-6-4-5-7-10/h1-14H;2*4-7H2,1-3H3. The molecule has 0 spiro atoms. The van der Waals surface area contributed by atoms with Crippen molar-refractivity contribution in [3.63, 3.8) is 0 Å². The second kappa shape index (κ2) is 14.9. The molecule has 254 valence electrons. The average molecular weight is 653 g/mol. The van der Waals surface area contributed by atoms with Gasteiger partial charge in [0.1, 0.15) is 22.5 Å². The Morgan fingerprint density at radius 1 is 0.542 bits per heavy atom. The first kappa shape index (κ1) is 34.5. The molecule has 5 aromatic rings. The predicted molar refractivity (Wildman–Crippen MR) is 189 cm³/mol. The number of nitrogens with zero attached hydrogens (tertiary/aromatic N) is 6. The normalized spacial score (nSPS) is 14.7. The lowest BCUT2D eigenvalue weighted by Crippen LogP contribution is -2.34. The van der Waals surface area contributed by atoms with Crippen LogP contribution in [0.4, 0.5) is 9.59 Å². The molecular formula is C38H48N6O4. The minimum Gasteiger partial charge on any atom is -0.444 e. The molecule has 48 heavy (non-hydrogen) atoms. The van der Waals surface area contributed by atoms with Crippen molar-refractivity contribution in [3.8, 4) is 22.3 Å². The van der Waals surface area contributed by atoms with E-state index in [1.165, 1.54) is 22.3 Å². The zero-order valence-corrected chi connectivity index (χ0v) is 29.1. The number of amides is 2. The number of benzene rings is 1. The van der Waals surface area contributed by atoms with Crippen molar-refractivity contribution in [1.29, 1.82) is 0 Å². The van der Waals surface area contributed by atoms with Gasteiger partial charge in [0.15, 0.2) is 0 Å². The van der Waals surface area contributed by atoms with E-state index in [2.05, 4.69) is 58.5 Å². The topological polar surface area (TPSA) is 93.7 Å². The molecule has 2 saturated heterocycles. The van der Waals surface area contributed by atoms with E-state index in [4.69, 9.17) is 9.47 Å². The van der Waals surface area contributed by atoms with E-state index in [9.17, 15) is 9.59 Å². The molecule has 0 aliphatic carbocycles. The van der Waals surface area contributed by atoms with Crippen LogP contribution in [0.1, 0.15) is 67.2 Å². The molecule has 0 bridgehead atoms. The van der Waals surface area contributed by atoms with Crippen LogP contribution in [0.3, 0.4) is 0 Å². The van der Waals surface area contributed by atoms with Gasteiger partial charge in [0.25, 0.3) is 0 Å². The Morgan fingerprint density at radius 2 is 0.896 bits per heavy atom. The van der Waals surface area contributed by atoms with Gasteiger partial charge in [0.2, 0.25) is 0 Å². The SMILES string of the molecule is CC(C)(C)OC(=O)N1CCCC1.CC(C)(C)OC(=O)N1CCCC1.c1cn2ccc(-c3ccc(-c4ccn5ccnc5c4)cc3)cc2n1. The Labute approximate surface area is 283 Å². The summed E-state index contributed by atoms with van der Waals surface area (Å²) in [5.41, 5.74) is 5.91. The third-order valence-electron chi connectivity index (χ3n) is 7.86. The Kier molecular flexibility index (Phi) is 10.7. The van der Waals surface area contributed by atoms with Crippen molar-refractivity contribution < 1.29 is 19.1 Å². The molecule has 0 unspecified atom stereocenters. The minimum absolute atomic E-state index is 0.167. The van der Waals surface area contributed by atoms with Crippen LogP contribution in [0.2, 0.25) is 0 Å². The first-order chi connectivity index (χ1) is 22.8. The molecule has 0 atom stereocenters. The smallest absolute Gasteiger partial charge is 0.410 e. The van der Waals surface area contributed by atoms with Crippen molar-refractivity contribution >= 4 is 23.5 Å². The maximum absolute atomic E-state index is 11.4. The number of carbonyl (C=O) groups is 2. The largest absolute Gasteiger partial charge is 0.444 e. The monoisotopic (exact) mass is 652 g/mol. The van der Waals surface area contributed by atoms with Gasteiger partial charge in [-0.1, -0.05) is 24.3 Å². The van der Waals surface area contributed by atoms with E-state index in [0.29, 0.717) is 0 Å². The lowest BCUT2D eigenvalue weighted by Gasteiger charge is -2.23. The minimum atomic E-state index is -0.361. The first-order valence-electron chi connectivity index (χ1n) is 16.8. The fourth-order valence-corrected chi connectivity index (χ4v) is 5.49. The molecule has 2 amide bonds. The summed E-state index contributed by atoms with van der Waals surface area (Å²) >= 11 is 0. The summed E-state index contributed by atoms with van der Waals surface area (Å²) in [7, 11) is 0. The number of carbonyl (C=O) groups excluding carboxylic acids is 2. The number of fused-ring (bicyclic) bond motifs is 2. The predicted octanol–water partition coefficient (Wildman–Crippen LogP) is 8.35. The summed E-state index contributed by atoms with van der Waals surface area (Å²) in [6.07, 6.45) is 15.7. The second-order valence-corrected chi connectivity index (χ2v) is 14.1. The van der Waals surface area contributed by atoms with E-state index in [1.54, 1.807) is 9.80 Å². The molecule has 1 aromatic carbocycles. The molecule has 0 saturated carbocycles. The summed E-state index contributed by atoms with van der Waals surface area (Å²) in [4.78, 5) is 35.0. The number of pyridine rings is 2. The summed E-state index contributed by atoms with van der Waals surface area (Å²) in [5.74, 6) is 0. The van der Waals surface area contributed by atoms with Crippen LogP contribution in [0, 0.1) is 0 Å². The van der Waals surface area contributed by atoms with Gasteiger partial charge in [-0.25, -0.2) is 19.6 Å². The van der Waals surface area contributed by atoms with E-state index in [1.807, 2.05) is 87.5 Å². The van der Waals surface area contributed by atoms with Gasteiger partial charge in [-0.15, -0.1) is 0 Å². The van der Waals surface area contributed by atoms with E-state index in [0.717, 1.165) is 63.2 Å². The lowest BCUT2D eigenvalue weighted by atomic mass is 10.0. The number of hydrogen-bond acceptors (Lipinski definition) is 6. The van der Waals surface area contributed by atoms with E-state index >= 15 is 0 Å². The molecule has 2 fully saturated rings. The lowest BCUT2D eigenvalue weighted by molar-refractivity contribution is 0.0284. The summed E-state index contributed by atoms with van der Waals surface area (Å²) in [6.45, 7) is 14.8. The van der Waals surface area contributed by atoms with Crippen molar-refractivity contribution in [3.05, 3.63) is 85.7 Å². The van der Waals surface area contributed by atoms with E-state index < -0.39 is 0 Å². The van der Waals surface area contributed by atoms with Gasteiger partial charge in [-0.2, -0.15) is 0 Å². The molecule has 2 aliphatic heterocycles. The van der Waals surface area contributed by atoms with Gasteiger partial charge in [0, 0.05) is 63.4 Å². The Hall–Kier alpha value is -4.86. The molecule has 4 aromatic heterocycles. The maximum atomic E-state index is 11.4. The molecule has 0 N–H and O–H groups in total. The number of likely N-dealkylation sites (tertiary alicyclic amines) is 2. The number of imidazole rings is 2. The van der Waals surface area contributed by atoms with Crippen LogP contribution in [-0.2, 0) is 9.47 Å². The van der Waals surface area contributed by atoms with Crippen LogP contribution in [0.15, 0.2) is 85.7 Å². The highest BCUT2D eigenvalue weighted by molar-refractivity contribution is 5.73. The molecule has 0 radical (unpaired) electrons. The summed E-state index contributed by atoms with van der Waals surface area (Å²) in [6, 6.07) is 17.0. The van der Waals surface area contributed by atoms with Crippen LogP contribution >= 0.6 is 0 Å². The third kappa shape index (κ3) is 9.59. The van der Waals surface area contributed by atoms with Crippen molar-refractivity contribution in [1.82, 2.24) is 28.6 Å². The van der Waals surface area contributed by atoms with Crippen molar-refractivity contribution in [2.45, 2.75) is 78.4 Å². The van der Waals surface area contributed by atoms with Gasteiger partial charge < -0.3 is 28.1 Å². The highest BCUT2D eigenvalue weighted by Gasteiger charge is 2.25. The van der Waals surface area contributed by atoms with Crippen LogP contribution in [0.25, 0.3) is 33.5 Å². The fraction of sp³-hybridized carbons (Fsp3) is 0.421. The van der Waals surface area contributed by atoms with Gasteiger partial charge in [0.05, 0.1) is 0 Å². The first-order valence-corrected chi connectivity index (χ1v) is 16.8. The molecule has 10 heteroatoms. The Balaban J connectivity index is 0.000000159. The summed E-state index contributed by atoms with van der Waals surface area (Å²) < 4.78 is 14.4. The molecular weight excluding hydrogens is 604 g/mol. The number of rotatable bonds is 2. The number of hydrogen-bond donors (Lipinski definition) is 0. The van der Waals surface area contributed by atoms with Gasteiger partial charge in [-0.05, 0) is 114 Å². The zero-order chi connectivity index (χ0) is 34.3. The number of ether oxygens (including phenoxy) is 2. The van der Waals surface area contributed by atoms with Gasteiger partial charge in [-0.3, -0.25) is 0 Å². The van der Waals surface area contributed by atoms with Crippen LogP contribution < -0.4 is 0 Å². The Morgan fingerprint density at radius 3 is 1.23 bits per heavy atom. The third-order valence-corrected chi connectivity index (χ3v) is 7.86. The second-order valence-electron chi connectivity index (χ2n) is 14.1. The van der Waals surface area contributed by atoms with Crippen molar-refractivity contribution in [2.24, 2.45) is 0 Å². The molecule has 7 rings (SSSR count). The van der Waals surface area contributed by atoms with Crippen LogP contribution in [0.5, 0.6) is 0 Å². The molecule has 2 aliphatic rings. The fourth-order valence-electron chi connectivity index (χ4n) is 5.49. The average Bonchev–Trinajstić information content (AvgIpc) is 3.87. The highest BCUT2D eigenvalue weighted by Crippen LogP contribution is 2.26. The quantitative estimate of drug-likeness (QED) is 0.190. The highest BCUT2D eigenvalue weighted by atomic mass is 16.6. The van der Waals surface area contributed by atoms with Crippen molar-refractivity contribution in [2.75, 3.05) is 26.2 Å². The Bertz CT molecular complexity index is 1670. The van der Waals surface area contributed by atoms with E-state index in [-0.39, 0.29) is 23.4 Å².